The van der Waals surface area contributed by atoms with Crippen LogP contribution >= 0.6 is 0 Å². The van der Waals surface area contributed by atoms with Crippen molar-refractivity contribution in [3.63, 3.8) is 0 Å². The molecule has 0 fully saturated rings. The van der Waals surface area contributed by atoms with E-state index in [0.717, 1.165) is 16.8 Å². The summed E-state index contributed by atoms with van der Waals surface area (Å²) in [5, 5.41) is 2.79. The molecule has 0 atom stereocenters. The summed E-state index contributed by atoms with van der Waals surface area (Å²) in [5.74, 6) is -0.186. The van der Waals surface area contributed by atoms with Crippen LogP contribution in [0, 0.1) is 6.92 Å². The largest absolute Gasteiger partial charge is 0.398 e. The maximum atomic E-state index is 11.8. The fraction of sp³-hybridized carbons (Fsp3) is 0.188. The molecule has 104 valence electrons. The van der Waals surface area contributed by atoms with Gasteiger partial charge in [-0.3, -0.25) is 4.79 Å². The van der Waals surface area contributed by atoms with Crippen molar-refractivity contribution in [3.8, 4) is 0 Å². The standard InChI is InChI=1S/C16H18N2O2/c1-12-14(17)8-5-9-15(12)18-16(19)11-20-10-13-6-3-2-4-7-13/h2-9H,10-11,17H2,1H3,(H,18,19). The lowest BCUT2D eigenvalue weighted by Gasteiger charge is -2.10. The number of anilines is 2. The average Bonchev–Trinajstić information content (AvgIpc) is 2.45. The molecule has 0 aliphatic carbocycles. The number of ether oxygens (including phenoxy) is 1. The Kier molecular flexibility index (Phi) is 4.74. The Bertz CT molecular complexity index is 582. The second kappa shape index (κ2) is 6.73. The number of nitrogens with two attached hydrogens (primary N) is 1. The number of nitrogen functional groups attached to an aromatic ring is 1. The summed E-state index contributed by atoms with van der Waals surface area (Å²) in [6, 6.07) is 15.2. The van der Waals surface area contributed by atoms with Gasteiger partial charge in [-0.05, 0) is 30.2 Å². The lowest BCUT2D eigenvalue weighted by atomic mass is 10.1. The maximum absolute atomic E-state index is 11.8. The molecule has 2 aromatic rings. The van der Waals surface area contributed by atoms with Crippen LogP contribution in [0.15, 0.2) is 48.5 Å². The van der Waals surface area contributed by atoms with E-state index in [2.05, 4.69) is 5.32 Å². The highest BCUT2D eigenvalue weighted by Gasteiger charge is 2.06. The van der Waals surface area contributed by atoms with E-state index in [4.69, 9.17) is 10.5 Å². The zero-order valence-corrected chi connectivity index (χ0v) is 11.4. The van der Waals surface area contributed by atoms with Gasteiger partial charge in [0.25, 0.3) is 0 Å². The van der Waals surface area contributed by atoms with Crippen LogP contribution in [0.5, 0.6) is 0 Å². The predicted molar refractivity (Wildman–Crippen MR) is 80.3 cm³/mol. The molecule has 2 aromatic carbocycles. The van der Waals surface area contributed by atoms with Gasteiger partial charge < -0.3 is 15.8 Å². The van der Waals surface area contributed by atoms with Crippen LogP contribution in [0.4, 0.5) is 11.4 Å². The predicted octanol–water partition coefficient (Wildman–Crippen LogP) is 2.73. The number of carbonyl (C=O) groups is 1. The zero-order valence-electron chi connectivity index (χ0n) is 11.4. The van der Waals surface area contributed by atoms with Crippen molar-refractivity contribution >= 4 is 17.3 Å². The molecule has 1 amide bonds. The number of benzene rings is 2. The molecule has 20 heavy (non-hydrogen) atoms. The number of rotatable bonds is 5. The number of carbonyl (C=O) groups excluding carboxylic acids is 1. The minimum Gasteiger partial charge on any atom is -0.398 e. The van der Waals surface area contributed by atoms with E-state index in [-0.39, 0.29) is 12.5 Å². The first-order chi connectivity index (χ1) is 9.66. The Morgan fingerprint density at radius 1 is 1.15 bits per heavy atom. The molecule has 2 rings (SSSR count). The normalized spacial score (nSPS) is 10.2. The summed E-state index contributed by atoms with van der Waals surface area (Å²) >= 11 is 0. The molecule has 3 N–H and O–H groups in total. The van der Waals surface area contributed by atoms with E-state index in [9.17, 15) is 4.79 Å². The molecular formula is C16H18N2O2. The maximum Gasteiger partial charge on any atom is 0.250 e. The Morgan fingerprint density at radius 2 is 1.90 bits per heavy atom. The third-order valence-corrected chi connectivity index (χ3v) is 2.99. The molecule has 4 heteroatoms. The number of amides is 1. The van der Waals surface area contributed by atoms with E-state index in [1.165, 1.54) is 0 Å². The molecule has 4 nitrogen and oxygen atoms in total. The quantitative estimate of drug-likeness (QED) is 0.821. The van der Waals surface area contributed by atoms with Crippen molar-refractivity contribution < 1.29 is 9.53 Å². The van der Waals surface area contributed by atoms with E-state index < -0.39 is 0 Å². The van der Waals surface area contributed by atoms with E-state index in [1.54, 1.807) is 6.07 Å². The Labute approximate surface area is 118 Å². The molecule has 0 radical (unpaired) electrons. The van der Waals surface area contributed by atoms with Gasteiger partial charge in [-0.25, -0.2) is 0 Å². The molecule has 0 unspecified atom stereocenters. The summed E-state index contributed by atoms with van der Waals surface area (Å²) < 4.78 is 5.38. The van der Waals surface area contributed by atoms with Crippen molar-refractivity contribution in [1.82, 2.24) is 0 Å². The van der Waals surface area contributed by atoms with Gasteiger partial charge in [0, 0.05) is 11.4 Å². The van der Waals surface area contributed by atoms with Crippen LogP contribution in [0.1, 0.15) is 11.1 Å². The molecule has 0 aliphatic heterocycles. The SMILES string of the molecule is Cc1c(N)cccc1NC(=O)COCc1ccccc1. The van der Waals surface area contributed by atoms with E-state index in [1.807, 2.05) is 49.4 Å². The minimum absolute atomic E-state index is 0.0170. The Hall–Kier alpha value is -2.33. The number of hydrogen-bond donors (Lipinski definition) is 2. The highest BCUT2D eigenvalue weighted by Crippen LogP contribution is 2.20. The van der Waals surface area contributed by atoms with Crippen LogP contribution in [0.25, 0.3) is 0 Å². The summed E-state index contributed by atoms with van der Waals surface area (Å²) in [6.45, 7) is 2.31. The van der Waals surface area contributed by atoms with Gasteiger partial charge in [0.2, 0.25) is 5.91 Å². The number of hydrogen-bond acceptors (Lipinski definition) is 3. The fourth-order valence-corrected chi connectivity index (χ4v) is 1.81. The zero-order chi connectivity index (χ0) is 14.4. The summed E-state index contributed by atoms with van der Waals surface area (Å²) in [6.07, 6.45) is 0. The lowest BCUT2D eigenvalue weighted by Crippen LogP contribution is -2.19. The van der Waals surface area contributed by atoms with Gasteiger partial charge in [0.1, 0.15) is 6.61 Å². The van der Waals surface area contributed by atoms with Gasteiger partial charge >= 0.3 is 0 Å². The van der Waals surface area contributed by atoms with E-state index in [0.29, 0.717) is 12.3 Å². The smallest absolute Gasteiger partial charge is 0.250 e. The molecule has 0 spiro atoms. The molecule has 0 bridgehead atoms. The molecule has 0 heterocycles. The molecule has 0 aromatic heterocycles. The van der Waals surface area contributed by atoms with E-state index >= 15 is 0 Å². The third-order valence-electron chi connectivity index (χ3n) is 2.99. The first kappa shape index (κ1) is 14.1. The first-order valence-corrected chi connectivity index (χ1v) is 6.43. The monoisotopic (exact) mass is 270 g/mol. The van der Waals surface area contributed by atoms with Gasteiger partial charge in [0.05, 0.1) is 6.61 Å². The lowest BCUT2D eigenvalue weighted by molar-refractivity contribution is -0.121. The molecule has 0 saturated carbocycles. The molecule has 0 aliphatic rings. The average molecular weight is 270 g/mol. The van der Waals surface area contributed by atoms with Gasteiger partial charge in [-0.1, -0.05) is 36.4 Å². The molecule has 0 saturated heterocycles. The highest BCUT2D eigenvalue weighted by molar-refractivity contribution is 5.93. The van der Waals surface area contributed by atoms with Crippen LogP contribution in [-0.4, -0.2) is 12.5 Å². The third kappa shape index (κ3) is 3.83. The van der Waals surface area contributed by atoms with Crippen molar-refractivity contribution in [2.24, 2.45) is 0 Å². The van der Waals surface area contributed by atoms with Crippen molar-refractivity contribution in [1.29, 1.82) is 0 Å². The summed E-state index contributed by atoms with van der Waals surface area (Å²) in [4.78, 5) is 11.8. The first-order valence-electron chi connectivity index (χ1n) is 6.43. The van der Waals surface area contributed by atoms with Crippen molar-refractivity contribution in [2.45, 2.75) is 13.5 Å². The van der Waals surface area contributed by atoms with Gasteiger partial charge in [-0.2, -0.15) is 0 Å². The van der Waals surface area contributed by atoms with Gasteiger partial charge in [-0.15, -0.1) is 0 Å². The van der Waals surface area contributed by atoms with Crippen LogP contribution in [-0.2, 0) is 16.1 Å². The fourth-order valence-electron chi connectivity index (χ4n) is 1.81. The summed E-state index contributed by atoms with van der Waals surface area (Å²) in [5.41, 5.74) is 9.08. The van der Waals surface area contributed by atoms with Crippen LogP contribution < -0.4 is 11.1 Å². The second-order valence-electron chi connectivity index (χ2n) is 4.55. The van der Waals surface area contributed by atoms with Crippen LogP contribution in [0.3, 0.4) is 0 Å². The van der Waals surface area contributed by atoms with Crippen molar-refractivity contribution in [3.05, 3.63) is 59.7 Å². The van der Waals surface area contributed by atoms with Crippen LogP contribution in [0.2, 0.25) is 0 Å². The second-order valence-corrected chi connectivity index (χ2v) is 4.55. The van der Waals surface area contributed by atoms with Crippen molar-refractivity contribution in [2.75, 3.05) is 17.7 Å². The number of nitrogens with one attached hydrogen (secondary N) is 1. The molecular weight excluding hydrogens is 252 g/mol. The topological polar surface area (TPSA) is 64.3 Å². The Balaban J connectivity index is 1.82. The summed E-state index contributed by atoms with van der Waals surface area (Å²) in [7, 11) is 0. The highest BCUT2D eigenvalue weighted by atomic mass is 16.5. The van der Waals surface area contributed by atoms with Gasteiger partial charge in [0.15, 0.2) is 0 Å². The minimum atomic E-state index is -0.186. The Morgan fingerprint density at radius 3 is 2.65 bits per heavy atom.